The highest BCUT2D eigenvalue weighted by atomic mass is 28.4. The minimum Gasteiger partial charge on any atom is -0.408 e. The normalized spacial score (nSPS) is 24.1. The molecule has 1 aliphatic rings. The van der Waals surface area contributed by atoms with Gasteiger partial charge in [0.2, 0.25) is 0 Å². The van der Waals surface area contributed by atoms with E-state index in [0.717, 1.165) is 5.56 Å². The van der Waals surface area contributed by atoms with Crippen molar-refractivity contribution in [3.05, 3.63) is 48.5 Å². The molecule has 0 bridgehead atoms. The molecule has 10 nitrogen and oxygen atoms in total. The number of hydrogen-bond donors (Lipinski definition) is 3. The third-order valence-corrected chi connectivity index (χ3v) is 11.2. The first kappa shape index (κ1) is 24.4. The standard InChI is InChI=1S/C23H33N7O3Si/c1-23(2,3)34(4,5)33-18-16(24)15(11-31)32-22(18)30-13-28-17-20(26-12-27-21(17)30)29-19(25)14-9-7-6-8-10-14/h6-10,12-13,15-16,18,22,31H,11,24H2,1-5H3,(H2,25,26,27,29)/t15-,16-,18-,22-/m1/s1. The van der Waals surface area contributed by atoms with Crippen molar-refractivity contribution in [2.45, 2.75) is 63.4 Å². The van der Waals surface area contributed by atoms with Crippen molar-refractivity contribution < 1.29 is 14.3 Å². The van der Waals surface area contributed by atoms with Gasteiger partial charge in [0.1, 0.15) is 24.4 Å². The molecular weight excluding hydrogens is 450 g/mol. The molecule has 0 unspecified atom stereocenters. The van der Waals surface area contributed by atoms with E-state index in [9.17, 15) is 5.11 Å². The summed E-state index contributed by atoms with van der Waals surface area (Å²) in [5.41, 5.74) is 14.5. The van der Waals surface area contributed by atoms with Gasteiger partial charge in [0, 0.05) is 5.56 Å². The van der Waals surface area contributed by atoms with Gasteiger partial charge >= 0.3 is 0 Å². The molecule has 4 rings (SSSR count). The van der Waals surface area contributed by atoms with E-state index >= 15 is 0 Å². The highest BCUT2D eigenvalue weighted by Crippen LogP contribution is 2.42. The van der Waals surface area contributed by atoms with Crippen LogP contribution in [0.3, 0.4) is 0 Å². The van der Waals surface area contributed by atoms with Crippen LogP contribution in [-0.2, 0) is 9.16 Å². The molecule has 0 aliphatic carbocycles. The van der Waals surface area contributed by atoms with Crippen LogP contribution >= 0.6 is 0 Å². The largest absolute Gasteiger partial charge is 0.408 e. The van der Waals surface area contributed by atoms with Gasteiger partial charge in [0.15, 0.2) is 31.5 Å². The Morgan fingerprint density at radius 1 is 1.21 bits per heavy atom. The second-order valence-corrected chi connectivity index (χ2v) is 14.8. The molecule has 1 aliphatic heterocycles. The second-order valence-electron chi connectivity index (χ2n) is 10.1. The van der Waals surface area contributed by atoms with Gasteiger partial charge in [-0.2, -0.15) is 0 Å². The average Bonchev–Trinajstić information content (AvgIpc) is 3.35. The average molecular weight is 484 g/mol. The summed E-state index contributed by atoms with van der Waals surface area (Å²) in [6.45, 7) is 10.6. The fourth-order valence-corrected chi connectivity index (χ4v) is 4.99. The Bertz CT molecular complexity index is 1180. The van der Waals surface area contributed by atoms with Crippen LogP contribution in [0.15, 0.2) is 48.0 Å². The lowest BCUT2D eigenvalue weighted by Gasteiger charge is -2.40. The zero-order valence-electron chi connectivity index (χ0n) is 20.2. The Morgan fingerprint density at radius 2 is 1.91 bits per heavy atom. The molecule has 2 aromatic heterocycles. The number of rotatable bonds is 6. The van der Waals surface area contributed by atoms with Crippen molar-refractivity contribution in [1.82, 2.24) is 19.5 Å². The fraction of sp³-hybridized carbons (Fsp3) is 0.478. The van der Waals surface area contributed by atoms with Crippen LogP contribution in [0.5, 0.6) is 0 Å². The molecule has 0 saturated carbocycles. The monoisotopic (exact) mass is 483 g/mol. The topological polar surface area (TPSA) is 147 Å². The van der Waals surface area contributed by atoms with Gasteiger partial charge in [0.25, 0.3) is 0 Å². The van der Waals surface area contributed by atoms with Gasteiger partial charge in [-0.1, -0.05) is 51.1 Å². The summed E-state index contributed by atoms with van der Waals surface area (Å²) in [5.74, 6) is 0.682. The predicted molar refractivity (Wildman–Crippen MR) is 133 cm³/mol. The number of fused-ring (bicyclic) bond motifs is 1. The third-order valence-electron chi connectivity index (χ3n) is 6.73. The van der Waals surface area contributed by atoms with Crippen molar-refractivity contribution in [2.24, 2.45) is 16.5 Å². The Morgan fingerprint density at radius 3 is 2.56 bits per heavy atom. The van der Waals surface area contributed by atoms with Gasteiger partial charge in [0.05, 0.1) is 19.0 Å². The summed E-state index contributed by atoms with van der Waals surface area (Å²) in [5, 5.41) is 9.84. The third kappa shape index (κ3) is 4.49. The summed E-state index contributed by atoms with van der Waals surface area (Å²) in [4.78, 5) is 17.7. The summed E-state index contributed by atoms with van der Waals surface area (Å²) in [7, 11) is -2.19. The number of nitrogens with zero attached hydrogens (tertiary/aromatic N) is 5. The lowest BCUT2D eigenvalue weighted by molar-refractivity contribution is -0.0462. The van der Waals surface area contributed by atoms with E-state index < -0.39 is 32.8 Å². The van der Waals surface area contributed by atoms with Gasteiger partial charge in [-0.25, -0.2) is 19.9 Å². The molecule has 3 heterocycles. The van der Waals surface area contributed by atoms with E-state index in [2.05, 4.69) is 53.8 Å². The first-order valence-corrected chi connectivity index (χ1v) is 14.2. The van der Waals surface area contributed by atoms with Crippen LogP contribution in [0.25, 0.3) is 11.2 Å². The zero-order valence-corrected chi connectivity index (χ0v) is 21.2. The Labute approximate surface area is 200 Å². The number of benzene rings is 1. The van der Waals surface area contributed by atoms with Crippen LogP contribution in [0.4, 0.5) is 5.82 Å². The molecule has 182 valence electrons. The van der Waals surface area contributed by atoms with Crippen LogP contribution < -0.4 is 11.5 Å². The highest BCUT2D eigenvalue weighted by molar-refractivity contribution is 6.74. The highest BCUT2D eigenvalue weighted by Gasteiger charge is 2.49. The molecule has 0 radical (unpaired) electrons. The van der Waals surface area contributed by atoms with Gasteiger partial charge in [-0.3, -0.25) is 4.57 Å². The maximum absolute atomic E-state index is 9.86. The Kier molecular flexibility index (Phi) is 6.58. The molecule has 1 fully saturated rings. The van der Waals surface area contributed by atoms with Crippen LogP contribution in [0.2, 0.25) is 18.1 Å². The van der Waals surface area contributed by atoms with Gasteiger partial charge in [-0.05, 0) is 18.1 Å². The van der Waals surface area contributed by atoms with E-state index in [1.807, 2.05) is 30.3 Å². The molecule has 4 atom stereocenters. The van der Waals surface area contributed by atoms with Crippen molar-refractivity contribution in [1.29, 1.82) is 0 Å². The van der Waals surface area contributed by atoms with Crippen LogP contribution in [0, 0.1) is 0 Å². The van der Waals surface area contributed by atoms with E-state index in [4.69, 9.17) is 20.6 Å². The summed E-state index contributed by atoms with van der Waals surface area (Å²) in [6.07, 6.45) is 1.39. The zero-order chi connectivity index (χ0) is 24.7. The SMILES string of the molecule is CC(C)(C)[Si](C)(C)O[C@@H]1[C@H](N)[C@@H](CO)O[C@H]1n1cnc2c(/N=C(\N)c3ccccc3)ncnc21. The lowest BCUT2D eigenvalue weighted by Crippen LogP contribution is -2.51. The number of ether oxygens (including phenoxy) is 1. The van der Waals surface area contributed by atoms with E-state index in [-0.39, 0.29) is 11.6 Å². The molecule has 0 spiro atoms. The summed E-state index contributed by atoms with van der Waals surface area (Å²) >= 11 is 0. The van der Waals surface area contributed by atoms with Crippen molar-refractivity contribution in [3.8, 4) is 0 Å². The number of hydrogen-bond acceptors (Lipinski definition) is 8. The first-order valence-electron chi connectivity index (χ1n) is 11.3. The number of aromatic nitrogens is 4. The minimum absolute atomic E-state index is 0.0232. The van der Waals surface area contributed by atoms with E-state index in [0.29, 0.717) is 22.8 Å². The van der Waals surface area contributed by atoms with E-state index in [1.165, 1.54) is 6.33 Å². The van der Waals surface area contributed by atoms with Crippen molar-refractivity contribution in [3.63, 3.8) is 0 Å². The van der Waals surface area contributed by atoms with Crippen LogP contribution in [0.1, 0.15) is 32.6 Å². The molecule has 34 heavy (non-hydrogen) atoms. The number of aliphatic hydroxyl groups is 1. The lowest BCUT2D eigenvalue weighted by atomic mass is 10.1. The van der Waals surface area contributed by atoms with Gasteiger partial charge < -0.3 is 25.7 Å². The van der Waals surface area contributed by atoms with Crippen molar-refractivity contribution >= 4 is 31.1 Å². The maximum Gasteiger partial charge on any atom is 0.192 e. The number of imidazole rings is 1. The minimum atomic E-state index is -2.19. The number of aliphatic imine (C=N–C) groups is 1. The molecule has 5 N–H and O–H groups in total. The molecule has 1 saturated heterocycles. The molecule has 0 amide bonds. The Balaban J connectivity index is 1.73. The van der Waals surface area contributed by atoms with Crippen LogP contribution in [-0.4, -0.2) is 63.6 Å². The predicted octanol–water partition coefficient (Wildman–Crippen LogP) is 2.47. The smallest absolute Gasteiger partial charge is 0.192 e. The first-order chi connectivity index (χ1) is 16.0. The van der Waals surface area contributed by atoms with E-state index in [1.54, 1.807) is 10.9 Å². The second kappa shape index (κ2) is 9.15. The quantitative estimate of drug-likeness (QED) is 0.275. The number of amidine groups is 1. The molecular formula is C23H33N7O3Si. The number of nitrogens with two attached hydrogens (primary N) is 2. The molecule has 1 aromatic carbocycles. The summed E-state index contributed by atoms with van der Waals surface area (Å²) in [6, 6.07) is 8.94. The number of aliphatic hydroxyl groups excluding tert-OH is 1. The fourth-order valence-electron chi connectivity index (χ4n) is 3.69. The Hall–Kier alpha value is -2.70. The van der Waals surface area contributed by atoms with Crippen molar-refractivity contribution in [2.75, 3.05) is 6.61 Å². The maximum atomic E-state index is 9.86. The molecule has 3 aromatic rings. The van der Waals surface area contributed by atoms with Gasteiger partial charge in [-0.15, -0.1) is 0 Å². The molecule has 11 heteroatoms. The summed E-state index contributed by atoms with van der Waals surface area (Å²) < 4.78 is 14.6.